The van der Waals surface area contributed by atoms with Gasteiger partial charge in [0.05, 0.1) is 26.0 Å². The van der Waals surface area contributed by atoms with Gasteiger partial charge in [0, 0.05) is 11.1 Å². The smallest absolute Gasteiger partial charge is 0.281 e. The molecule has 0 aliphatic rings. The number of thiazole rings is 1. The molecule has 1 heterocycles. The molecular formula is C23H25N3O5S. The molecule has 1 aromatic heterocycles. The van der Waals surface area contributed by atoms with Crippen LogP contribution >= 0.6 is 11.3 Å². The highest BCUT2D eigenvalue weighted by atomic mass is 32.1. The largest absolute Gasteiger partial charge is 0.494 e. The van der Waals surface area contributed by atoms with E-state index in [2.05, 4.69) is 15.8 Å². The third-order valence-corrected chi connectivity index (χ3v) is 5.64. The highest BCUT2D eigenvalue weighted by Crippen LogP contribution is 2.30. The molecule has 168 valence electrons. The molecule has 0 saturated carbocycles. The second kappa shape index (κ2) is 10.6. The molecule has 0 bridgehead atoms. The Hall–Kier alpha value is -3.59. The van der Waals surface area contributed by atoms with Gasteiger partial charge < -0.3 is 14.2 Å². The number of aryl methyl sites for hydroxylation is 1. The van der Waals surface area contributed by atoms with Gasteiger partial charge in [0.1, 0.15) is 15.6 Å². The van der Waals surface area contributed by atoms with Gasteiger partial charge in [-0.25, -0.2) is 4.98 Å². The number of benzene rings is 2. The summed E-state index contributed by atoms with van der Waals surface area (Å²) in [6.07, 6.45) is 0. The van der Waals surface area contributed by atoms with Crippen LogP contribution in [0.4, 0.5) is 0 Å². The number of ether oxygens (including phenoxy) is 3. The van der Waals surface area contributed by atoms with Gasteiger partial charge in [-0.2, -0.15) is 0 Å². The fourth-order valence-electron chi connectivity index (χ4n) is 2.92. The molecule has 0 aliphatic carbocycles. The number of carbonyl (C=O) groups excluding carboxylic acids is 2. The van der Waals surface area contributed by atoms with Crippen LogP contribution in [-0.2, 0) is 0 Å². The van der Waals surface area contributed by atoms with Gasteiger partial charge in [-0.05, 0) is 63.2 Å². The number of amides is 2. The standard InChI is InChI=1S/C23H25N3O5S/c1-5-30-17-10-7-15(8-11-17)23-24-14(3)20(32-23)22(28)26-25-21(27)16-9-12-18(31-6-2)19(13-16)29-4/h7-13H,5-6H2,1-4H3,(H,25,27)(H,26,28). The summed E-state index contributed by atoms with van der Waals surface area (Å²) >= 11 is 1.25. The van der Waals surface area contributed by atoms with Crippen LogP contribution in [0.1, 0.15) is 39.6 Å². The molecule has 2 N–H and O–H groups in total. The van der Waals surface area contributed by atoms with Gasteiger partial charge in [-0.3, -0.25) is 20.4 Å². The molecule has 3 rings (SSSR count). The lowest BCUT2D eigenvalue weighted by molar-refractivity contribution is 0.0848. The second-order valence-corrected chi connectivity index (χ2v) is 7.60. The number of hydrazine groups is 1. The van der Waals surface area contributed by atoms with Crippen LogP contribution in [0.3, 0.4) is 0 Å². The number of nitrogens with zero attached hydrogens (tertiary/aromatic N) is 1. The lowest BCUT2D eigenvalue weighted by Crippen LogP contribution is -2.41. The van der Waals surface area contributed by atoms with Gasteiger partial charge in [0.15, 0.2) is 11.5 Å². The van der Waals surface area contributed by atoms with Crippen molar-refractivity contribution >= 4 is 23.2 Å². The first-order valence-corrected chi connectivity index (χ1v) is 10.9. The van der Waals surface area contributed by atoms with Gasteiger partial charge in [-0.15, -0.1) is 11.3 Å². The third kappa shape index (κ3) is 5.36. The third-order valence-electron chi connectivity index (χ3n) is 4.43. The van der Waals surface area contributed by atoms with E-state index in [-0.39, 0.29) is 0 Å². The summed E-state index contributed by atoms with van der Waals surface area (Å²) in [6.45, 7) is 6.61. The molecule has 0 fully saturated rings. The molecular weight excluding hydrogens is 430 g/mol. The highest BCUT2D eigenvalue weighted by molar-refractivity contribution is 7.17. The SMILES string of the molecule is CCOc1ccc(-c2nc(C)c(C(=O)NNC(=O)c3ccc(OCC)c(OC)c3)s2)cc1. The van der Waals surface area contributed by atoms with Crippen molar-refractivity contribution in [3.8, 4) is 27.8 Å². The summed E-state index contributed by atoms with van der Waals surface area (Å²) < 4.78 is 16.2. The van der Waals surface area contributed by atoms with Crippen molar-refractivity contribution in [2.24, 2.45) is 0 Å². The van der Waals surface area contributed by atoms with Crippen LogP contribution in [-0.4, -0.2) is 37.1 Å². The summed E-state index contributed by atoms with van der Waals surface area (Å²) in [7, 11) is 1.50. The number of methoxy groups -OCH3 is 1. The van der Waals surface area contributed by atoms with Crippen molar-refractivity contribution in [1.82, 2.24) is 15.8 Å². The van der Waals surface area contributed by atoms with Gasteiger partial charge >= 0.3 is 0 Å². The molecule has 2 aromatic carbocycles. The molecule has 3 aromatic rings. The molecule has 2 amide bonds. The average Bonchev–Trinajstić information content (AvgIpc) is 3.20. The molecule has 0 spiro atoms. The van der Waals surface area contributed by atoms with E-state index in [4.69, 9.17) is 14.2 Å². The maximum absolute atomic E-state index is 12.6. The molecule has 9 heteroatoms. The van der Waals surface area contributed by atoms with Gasteiger partial charge in [0.2, 0.25) is 0 Å². The number of nitrogens with one attached hydrogen (secondary N) is 2. The summed E-state index contributed by atoms with van der Waals surface area (Å²) in [5.41, 5.74) is 6.65. The zero-order valence-electron chi connectivity index (χ0n) is 18.4. The number of hydrogen-bond acceptors (Lipinski definition) is 7. The molecule has 32 heavy (non-hydrogen) atoms. The molecule has 8 nitrogen and oxygen atoms in total. The maximum Gasteiger partial charge on any atom is 0.281 e. The van der Waals surface area contributed by atoms with Gasteiger partial charge in [-0.1, -0.05) is 0 Å². The first-order valence-electron chi connectivity index (χ1n) is 10.1. The lowest BCUT2D eigenvalue weighted by atomic mass is 10.2. The Labute approximate surface area is 190 Å². The Morgan fingerprint density at radius 3 is 2.28 bits per heavy atom. The van der Waals surface area contributed by atoms with Crippen LogP contribution < -0.4 is 25.1 Å². The zero-order valence-corrected chi connectivity index (χ0v) is 19.2. The second-order valence-electron chi connectivity index (χ2n) is 6.60. The lowest BCUT2D eigenvalue weighted by Gasteiger charge is -2.11. The van der Waals surface area contributed by atoms with E-state index in [9.17, 15) is 9.59 Å². The summed E-state index contributed by atoms with van der Waals surface area (Å²) in [4.78, 5) is 30.0. The van der Waals surface area contributed by atoms with Crippen molar-refractivity contribution in [3.63, 3.8) is 0 Å². The van der Waals surface area contributed by atoms with Crippen LogP contribution in [0, 0.1) is 6.92 Å². The van der Waals surface area contributed by atoms with E-state index in [1.165, 1.54) is 18.4 Å². The Kier molecular flexibility index (Phi) is 7.67. The quantitative estimate of drug-likeness (QED) is 0.498. The minimum atomic E-state index is -0.478. The Morgan fingerprint density at radius 1 is 0.938 bits per heavy atom. The van der Waals surface area contributed by atoms with Crippen molar-refractivity contribution in [2.45, 2.75) is 20.8 Å². The van der Waals surface area contributed by atoms with Crippen LogP contribution in [0.2, 0.25) is 0 Å². The van der Waals surface area contributed by atoms with Crippen LogP contribution in [0.5, 0.6) is 17.2 Å². The molecule has 0 aliphatic heterocycles. The fourth-order valence-corrected chi connectivity index (χ4v) is 3.88. The normalized spacial score (nSPS) is 10.4. The first kappa shape index (κ1) is 23.1. The van der Waals surface area contributed by atoms with E-state index in [1.54, 1.807) is 25.1 Å². The Balaban J connectivity index is 1.67. The van der Waals surface area contributed by atoms with E-state index in [1.807, 2.05) is 38.1 Å². The molecule has 0 unspecified atom stereocenters. The average molecular weight is 456 g/mol. The van der Waals surface area contributed by atoms with Crippen molar-refractivity contribution in [2.75, 3.05) is 20.3 Å². The first-order chi connectivity index (χ1) is 15.5. The summed E-state index contributed by atoms with van der Waals surface area (Å²) in [5, 5.41) is 0.707. The van der Waals surface area contributed by atoms with E-state index >= 15 is 0 Å². The zero-order chi connectivity index (χ0) is 23.1. The fraction of sp³-hybridized carbons (Fsp3) is 0.261. The minimum Gasteiger partial charge on any atom is -0.494 e. The monoisotopic (exact) mass is 455 g/mol. The van der Waals surface area contributed by atoms with Crippen molar-refractivity contribution in [1.29, 1.82) is 0 Å². The molecule has 0 atom stereocenters. The topological polar surface area (TPSA) is 98.8 Å². The maximum atomic E-state index is 12.6. The molecule has 0 radical (unpaired) electrons. The van der Waals surface area contributed by atoms with Crippen molar-refractivity contribution < 1.29 is 23.8 Å². The minimum absolute atomic E-state index is 0.321. The Bertz CT molecular complexity index is 1100. The van der Waals surface area contributed by atoms with E-state index < -0.39 is 11.8 Å². The Morgan fingerprint density at radius 2 is 1.62 bits per heavy atom. The van der Waals surface area contributed by atoms with Crippen LogP contribution in [0.15, 0.2) is 42.5 Å². The number of rotatable bonds is 8. The number of aromatic nitrogens is 1. The highest BCUT2D eigenvalue weighted by Gasteiger charge is 2.18. The van der Waals surface area contributed by atoms with E-state index in [0.717, 1.165) is 11.3 Å². The van der Waals surface area contributed by atoms with Crippen LogP contribution in [0.25, 0.3) is 10.6 Å². The van der Waals surface area contributed by atoms with Gasteiger partial charge in [0.25, 0.3) is 11.8 Å². The molecule has 0 saturated heterocycles. The number of carbonyl (C=O) groups is 2. The summed E-state index contributed by atoms with van der Waals surface area (Å²) in [5.74, 6) is 0.829. The summed E-state index contributed by atoms with van der Waals surface area (Å²) in [6, 6.07) is 12.3. The predicted octanol–water partition coefficient (Wildman–Crippen LogP) is 4.00. The van der Waals surface area contributed by atoms with Crippen molar-refractivity contribution in [3.05, 3.63) is 58.6 Å². The number of hydrogen-bond donors (Lipinski definition) is 2. The predicted molar refractivity (Wildman–Crippen MR) is 123 cm³/mol. The van der Waals surface area contributed by atoms with E-state index in [0.29, 0.717) is 45.9 Å².